The molecule has 10 atom stereocenters. The van der Waals surface area contributed by atoms with Gasteiger partial charge in [-0.15, -0.1) is 0 Å². The van der Waals surface area contributed by atoms with E-state index in [0.29, 0.717) is 0 Å². The van der Waals surface area contributed by atoms with Crippen LogP contribution in [0.5, 0.6) is 0 Å². The van der Waals surface area contributed by atoms with Crippen LogP contribution in [-0.4, -0.2) is 111 Å². The van der Waals surface area contributed by atoms with E-state index in [1.165, 1.54) is 21.0 Å². The lowest BCUT2D eigenvalue weighted by Crippen LogP contribution is -2.65. The summed E-state index contributed by atoms with van der Waals surface area (Å²) in [5.41, 5.74) is 0. The van der Waals surface area contributed by atoms with Crippen LogP contribution >= 0.6 is 0 Å². The predicted octanol–water partition coefficient (Wildman–Crippen LogP) is -0.0431. The van der Waals surface area contributed by atoms with Crippen LogP contribution in [0, 0.1) is 5.92 Å². The van der Waals surface area contributed by atoms with Crippen molar-refractivity contribution in [3.05, 3.63) is 0 Å². The summed E-state index contributed by atoms with van der Waals surface area (Å²) in [6.45, 7) is 7.82. The molecule has 0 amide bonds. The van der Waals surface area contributed by atoms with E-state index in [1.807, 2.05) is 0 Å². The maximum atomic E-state index is 12.1. The Bertz CT molecular complexity index is 997. The van der Waals surface area contributed by atoms with Crippen molar-refractivity contribution in [1.82, 2.24) is 0 Å². The van der Waals surface area contributed by atoms with Crippen LogP contribution < -0.4 is 0 Å². The van der Waals surface area contributed by atoms with Gasteiger partial charge >= 0.3 is 35.8 Å². The van der Waals surface area contributed by atoms with Crippen molar-refractivity contribution in [3.63, 3.8) is 0 Å². The summed E-state index contributed by atoms with van der Waals surface area (Å²) in [5, 5.41) is 0. The average Bonchev–Trinajstić information content (AvgIpc) is 2.86. The molecule has 2 fully saturated rings. The zero-order chi connectivity index (χ0) is 31.7. The number of hydrogen-bond donors (Lipinski definition) is 0. The van der Waals surface area contributed by atoms with Crippen molar-refractivity contribution in [3.8, 4) is 0 Å². The molecule has 0 spiro atoms. The van der Waals surface area contributed by atoms with Gasteiger partial charge in [-0.2, -0.15) is 0 Å². The van der Waals surface area contributed by atoms with Gasteiger partial charge in [0.25, 0.3) is 0 Å². The number of methoxy groups -OCH3 is 1. The number of ether oxygens (including phenoxy) is 10. The highest BCUT2D eigenvalue weighted by Gasteiger charge is 2.55. The minimum atomic E-state index is -1.60. The lowest BCUT2D eigenvalue weighted by atomic mass is 9.90. The number of carbonyl (C=O) groups excluding carboxylic acids is 6. The maximum Gasteiger partial charge on any atom is 0.303 e. The van der Waals surface area contributed by atoms with Gasteiger partial charge in [0.1, 0.15) is 37.6 Å². The molecule has 0 aromatic carbocycles. The van der Waals surface area contributed by atoms with Crippen LogP contribution in [0.3, 0.4) is 0 Å². The Hall–Kier alpha value is -3.34. The molecule has 16 heteroatoms. The fraction of sp³-hybridized carbons (Fsp3) is 0.769. The molecule has 0 aromatic heterocycles. The van der Waals surface area contributed by atoms with Gasteiger partial charge < -0.3 is 47.4 Å². The summed E-state index contributed by atoms with van der Waals surface area (Å²) in [7, 11) is 1.28. The summed E-state index contributed by atoms with van der Waals surface area (Å²) in [6, 6.07) is 0. The van der Waals surface area contributed by atoms with E-state index in [-0.39, 0.29) is 13.2 Å². The zero-order valence-electron chi connectivity index (χ0n) is 24.7. The van der Waals surface area contributed by atoms with E-state index >= 15 is 0 Å². The quantitative estimate of drug-likeness (QED) is 0.224. The van der Waals surface area contributed by atoms with Gasteiger partial charge in [-0.1, -0.05) is 6.92 Å². The molecular formula is C26H38O16. The van der Waals surface area contributed by atoms with Crippen LogP contribution in [0.4, 0.5) is 0 Å². The summed E-state index contributed by atoms with van der Waals surface area (Å²) in [4.78, 5) is 71.3. The minimum absolute atomic E-state index is 0.281. The molecule has 2 rings (SSSR count). The Kier molecular flexibility index (Phi) is 13.1. The molecule has 0 aromatic rings. The predicted molar refractivity (Wildman–Crippen MR) is 134 cm³/mol. The third kappa shape index (κ3) is 9.89. The van der Waals surface area contributed by atoms with Gasteiger partial charge in [0.15, 0.2) is 18.3 Å². The van der Waals surface area contributed by atoms with E-state index in [2.05, 4.69) is 0 Å². The van der Waals surface area contributed by atoms with Gasteiger partial charge in [-0.05, 0) is 0 Å². The van der Waals surface area contributed by atoms with Crippen molar-refractivity contribution in [1.29, 1.82) is 0 Å². The van der Waals surface area contributed by atoms with Crippen LogP contribution in [0.15, 0.2) is 0 Å². The first-order chi connectivity index (χ1) is 19.6. The highest BCUT2D eigenvalue weighted by Crippen LogP contribution is 2.35. The molecule has 0 aliphatic carbocycles. The van der Waals surface area contributed by atoms with Gasteiger partial charge in [-0.25, -0.2) is 0 Å². The van der Waals surface area contributed by atoms with E-state index in [4.69, 9.17) is 47.4 Å². The molecule has 2 saturated heterocycles. The van der Waals surface area contributed by atoms with Crippen molar-refractivity contribution < 1.29 is 76.1 Å². The Morgan fingerprint density at radius 1 is 0.524 bits per heavy atom. The smallest absolute Gasteiger partial charge is 0.303 e. The molecular weight excluding hydrogens is 568 g/mol. The number of hydrogen-bond acceptors (Lipinski definition) is 16. The Labute approximate surface area is 242 Å². The molecule has 16 nitrogen and oxygen atoms in total. The normalized spacial score (nSPS) is 32.6. The first-order valence-corrected chi connectivity index (χ1v) is 13.1. The zero-order valence-corrected chi connectivity index (χ0v) is 24.7. The largest absolute Gasteiger partial charge is 0.463 e. The third-order valence-corrected chi connectivity index (χ3v) is 6.25. The molecule has 0 N–H and O–H groups in total. The van der Waals surface area contributed by atoms with E-state index in [1.54, 1.807) is 6.92 Å². The first kappa shape index (κ1) is 34.9. The van der Waals surface area contributed by atoms with Gasteiger partial charge in [-0.3, -0.25) is 28.8 Å². The fourth-order valence-electron chi connectivity index (χ4n) is 4.60. The van der Waals surface area contributed by atoms with Crippen molar-refractivity contribution >= 4 is 35.8 Å². The second-order valence-electron chi connectivity index (χ2n) is 9.68. The van der Waals surface area contributed by atoms with E-state index in [0.717, 1.165) is 27.7 Å². The average molecular weight is 607 g/mol. The summed E-state index contributed by atoms with van der Waals surface area (Å²) >= 11 is 0. The van der Waals surface area contributed by atoms with Gasteiger partial charge in [0.2, 0.25) is 12.6 Å². The van der Waals surface area contributed by atoms with Crippen LogP contribution in [0.25, 0.3) is 0 Å². The lowest BCUT2D eigenvalue weighted by molar-refractivity contribution is -0.374. The number of rotatable bonds is 11. The molecule has 42 heavy (non-hydrogen) atoms. The third-order valence-electron chi connectivity index (χ3n) is 6.25. The van der Waals surface area contributed by atoms with Crippen molar-refractivity contribution in [2.75, 3.05) is 20.3 Å². The minimum Gasteiger partial charge on any atom is -0.463 e. The second kappa shape index (κ2) is 15.8. The first-order valence-electron chi connectivity index (χ1n) is 13.1. The van der Waals surface area contributed by atoms with Crippen molar-refractivity contribution in [2.45, 2.75) is 104 Å². The Balaban J connectivity index is 2.56. The molecule has 2 aliphatic heterocycles. The monoisotopic (exact) mass is 606 g/mol. The fourth-order valence-corrected chi connectivity index (χ4v) is 4.60. The number of carbonyl (C=O) groups is 6. The molecule has 2 heterocycles. The summed E-state index contributed by atoms with van der Waals surface area (Å²) < 4.78 is 55.5. The summed E-state index contributed by atoms with van der Waals surface area (Å²) in [5.74, 6) is -4.96. The molecule has 0 unspecified atom stereocenters. The van der Waals surface area contributed by atoms with E-state index in [9.17, 15) is 28.8 Å². The molecule has 0 radical (unpaired) electrons. The van der Waals surface area contributed by atoms with Crippen LogP contribution in [0.2, 0.25) is 0 Å². The van der Waals surface area contributed by atoms with E-state index < -0.39 is 97.0 Å². The Morgan fingerprint density at radius 2 is 0.905 bits per heavy atom. The SMILES string of the molecule is CO[C@H]1[C@H](OC(C)=O)[C@@H](OC(C)=O)[C@H](O[C@@H]2O[C@H](COC(C)=O)[C@@H](C)[C@H](OC(C)=O)[C@H]2OC(C)=O)O[C@@H]1COC(C)=O. The van der Waals surface area contributed by atoms with Crippen LogP contribution in [0.1, 0.15) is 48.5 Å². The highest BCUT2D eigenvalue weighted by molar-refractivity contribution is 5.68. The van der Waals surface area contributed by atoms with Gasteiger partial charge in [0, 0.05) is 54.6 Å². The van der Waals surface area contributed by atoms with Crippen LogP contribution in [-0.2, 0) is 76.1 Å². The topological polar surface area (TPSA) is 195 Å². The molecule has 2 aliphatic rings. The second-order valence-corrected chi connectivity index (χ2v) is 9.68. The number of esters is 6. The molecule has 238 valence electrons. The molecule has 0 saturated carbocycles. The van der Waals surface area contributed by atoms with Gasteiger partial charge in [0.05, 0.1) is 0 Å². The van der Waals surface area contributed by atoms with Crippen molar-refractivity contribution in [2.24, 2.45) is 5.92 Å². The summed E-state index contributed by atoms with van der Waals surface area (Å²) in [6.07, 6.45) is -11.6. The lowest BCUT2D eigenvalue weighted by Gasteiger charge is -2.48. The molecule has 0 bridgehead atoms. The highest BCUT2D eigenvalue weighted by atomic mass is 16.8. The Morgan fingerprint density at radius 3 is 1.33 bits per heavy atom. The maximum absolute atomic E-state index is 12.1. The standard InChI is InChI=1S/C26H38O16/c1-11-18(9-34-12(2)27)40-25(23(38-16(6)31)20(11)36-14(4)29)42-26-24(39-17(7)32)22(37-15(5)30)21(33-8)19(41-26)10-35-13(3)28/h11,18-26H,9-10H2,1-8H3/t11-,18-,19-,20+,21-,22+,23-,24-,25+,26+/m1/s1.